The summed E-state index contributed by atoms with van der Waals surface area (Å²) >= 11 is 0. The maximum atomic E-state index is 6.60. The Labute approximate surface area is 189 Å². The molecule has 3 fully saturated rings. The van der Waals surface area contributed by atoms with Crippen molar-refractivity contribution >= 4 is 0 Å². The van der Waals surface area contributed by atoms with Crippen LogP contribution in [0.2, 0.25) is 0 Å². The van der Waals surface area contributed by atoms with E-state index in [0.717, 1.165) is 30.3 Å². The minimum Gasteiger partial charge on any atom is -0.375 e. The second-order valence-corrected chi connectivity index (χ2v) is 11.5. The van der Waals surface area contributed by atoms with Crippen molar-refractivity contribution in [1.82, 2.24) is 0 Å². The van der Waals surface area contributed by atoms with Crippen LogP contribution in [0.5, 0.6) is 0 Å². The van der Waals surface area contributed by atoms with Gasteiger partial charge in [-0.1, -0.05) is 117 Å². The number of ether oxygens (including phenoxy) is 1. The molecule has 0 aliphatic heterocycles. The van der Waals surface area contributed by atoms with E-state index in [0.29, 0.717) is 0 Å². The third kappa shape index (κ3) is 7.53. The molecule has 0 aromatic carbocycles. The standard InChI is InChI=1S/C29H54O/c1-3-5-6-8-11-25-12-14-26(15-13-25)16-17-27-18-20-28(21-19-27)29(30-24-4-2)22-9-7-10-23-29/h25-28H,3-24H2,1-2H3/t25-,26-,27-,28-. The molecule has 0 aromatic rings. The van der Waals surface area contributed by atoms with Crippen molar-refractivity contribution in [3.8, 4) is 0 Å². The molecular formula is C29H54O. The Balaban J connectivity index is 1.31. The van der Waals surface area contributed by atoms with Gasteiger partial charge in [-0.2, -0.15) is 0 Å². The highest BCUT2D eigenvalue weighted by Crippen LogP contribution is 2.46. The zero-order valence-corrected chi connectivity index (χ0v) is 20.8. The van der Waals surface area contributed by atoms with Gasteiger partial charge in [-0.15, -0.1) is 0 Å². The van der Waals surface area contributed by atoms with E-state index in [2.05, 4.69) is 13.8 Å². The van der Waals surface area contributed by atoms with Crippen LogP contribution in [0.4, 0.5) is 0 Å². The Bertz CT molecular complexity index is 422. The summed E-state index contributed by atoms with van der Waals surface area (Å²) in [7, 11) is 0. The lowest BCUT2D eigenvalue weighted by atomic mass is 9.67. The van der Waals surface area contributed by atoms with Gasteiger partial charge in [0.05, 0.1) is 5.60 Å². The molecule has 3 aliphatic carbocycles. The molecular weight excluding hydrogens is 364 g/mol. The molecule has 0 N–H and O–H groups in total. The number of rotatable bonds is 12. The SMILES string of the molecule is CCCCCC[C@H]1CC[C@H](CC[C@H]2CC[C@H](C3(OCCC)CCCCC3)CC2)CC1. The van der Waals surface area contributed by atoms with Crippen LogP contribution in [0.25, 0.3) is 0 Å². The normalized spacial score (nSPS) is 32.2. The van der Waals surface area contributed by atoms with Gasteiger partial charge in [-0.25, -0.2) is 0 Å². The fourth-order valence-corrected chi connectivity index (χ4v) is 7.24. The molecule has 30 heavy (non-hydrogen) atoms. The molecule has 0 aromatic heterocycles. The molecule has 176 valence electrons. The molecule has 0 bridgehead atoms. The summed E-state index contributed by atoms with van der Waals surface area (Å²) in [6, 6.07) is 0. The summed E-state index contributed by atoms with van der Waals surface area (Å²) in [4.78, 5) is 0. The van der Waals surface area contributed by atoms with E-state index in [1.807, 2.05) is 0 Å². The zero-order valence-electron chi connectivity index (χ0n) is 20.8. The Morgan fingerprint density at radius 3 is 1.73 bits per heavy atom. The predicted molar refractivity (Wildman–Crippen MR) is 131 cm³/mol. The molecule has 0 unspecified atom stereocenters. The summed E-state index contributed by atoms with van der Waals surface area (Å²) in [5.74, 6) is 4.03. The van der Waals surface area contributed by atoms with Gasteiger partial charge in [0.25, 0.3) is 0 Å². The first-order valence-corrected chi connectivity index (χ1v) is 14.4. The lowest BCUT2D eigenvalue weighted by Crippen LogP contribution is -2.44. The maximum Gasteiger partial charge on any atom is 0.0710 e. The summed E-state index contributed by atoms with van der Waals surface area (Å²) in [5.41, 5.74) is 0.273. The molecule has 0 heterocycles. The van der Waals surface area contributed by atoms with Crippen molar-refractivity contribution in [2.75, 3.05) is 6.61 Å². The quantitative estimate of drug-likeness (QED) is 0.287. The predicted octanol–water partition coefficient (Wildman–Crippen LogP) is 9.48. The summed E-state index contributed by atoms with van der Waals surface area (Å²) < 4.78 is 6.60. The van der Waals surface area contributed by atoms with Gasteiger partial charge in [-0.05, 0) is 55.8 Å². The van der Waals surface area contributed by atoms with Gasteiger partial charge in [0.15, 0.2) is 0 Å². The lowest BCUT2D eigenvalue weighted by molar-refractivity contribution is -0.121. The summed E-state index contributed by atoms with van der Waals surface area (Å²) in [6.45, 7) is 5.58. The van der Waals surface area contributed by atoms with Gasteiger partial charge < -0.3 is 4.74 Å². The van der Waals surface area contributed by atoms with Crippen LogP contribution in [0.15, 0.2) is 0 Å². The smallest absolute Gasteiger partial charge is 0.0710 e. The van der Waals surface area contributed by atoms with Crippen LogP contribution >= 0.6 is 0 Å². The van der Waals surface area contributed by atoms with Crippen molar-refractivity contribution in [2.45, 2.75) is 154 Å². The molecule has 1 heteroatoms. The average molecular weight is 419 g/mol. The lowest BCUT2D eigenvalue weighted by Gasteiger charge is -2.46. The number of unbranched alkanes of at least 4 members (excludes halogenated alkanes) is 3. The minimum absolute atomic E-state index is 0.273. The van der Waals surface area contributed by atoms with Crippen LogP contribution in [-0.4, -0.2) is 12.2 Å². The molecule has 1 nitrogen and oxygen atoms in total. The highest BCUT2D eigenvalue weighted by Gasteiger charge is 2.42. The Morgan fingerprint density at radius 1 is 0.600 bits per heavy atom. The van der Waals surface area contributed by atoms with Crippen molar-refractivity contribution in [3.05, 3.63) is 0 Å². The summed E-state index contributed by atoms with van der Waals surface area (Å²) in [6.07, 6.45) is 30.6. The molecule has 0 radical (unpaired) electrons. The van der Waals surface area contributed by atoms with Crippen LogP contribution in [-0.2, 0) is 4.74 Å². The summed E-state index contributed by atoms with van der Waals surface area (Å²) in [5, 5.41) is 0. The minimum atomic E-state index is 0.273. The van der Waals surface area contributed by atoms with Crippen LogP contribution in [0.1, 0.15) is 149 Å². The van der Waals surface area contributed by atoms with Crippen molar-refractivity contribution in [1.29, 1.82) is 0 Å². The second kappa shape index (κ2) is 13.5. The van der Waals surface area contributed by atoms with E-state index in [4.69, 9.17) is 4.74 Å². The Morgan fingerprint density at radius 2 is 1.17 bits per heavy atom. The fraction of sp³-hybridized carbons (Fsp3) is 1.00. The number of hydrogen-bond donors (Lipinski definition) is 0. The first kappa shape index (κ1) is 24.6. The molecule has 3 rings (SSSR count). The van der Waals surface area contributed by atoms with E-state index in [9.17, 15) is 0 Å². The van der Waals surface area contributed by atoms with E-state index < -0.39 is 0 Å². The topological polar surface area (TPSA) is 9.23 Å². The third-order valence-corrected chi connectivity index (χ3v) is 9.30. The molecule has 3 saturated carbocycles. The highest BCUT2D eigenvalue weighted by molar-refractivity contribution is 4.93. The van der Waals surface area contributed by atoms with E-state index in [1.165, 1.54) is 109 Å². The molecule has 0 saturated heterocycles. The first-order chi connectivity index (χ1) is 14.8. The van der Waals surface area contributed by atoms with Crippen LogP contribution in [0, 0.1) is 23.7 Å². The van der Waals surface area contributed by atoms with Crippen LogP contribution in [0.3, 0.4) is 0 Å². The van der Waals surface area contributed by atoms with Gasteiger partial charge in [0, 0.05) is 6.61 Å². The van der Waals surface area contributed by atoms with Gasteiger partial charge in [0.1, 0.15) is 0 Å². The number of hydrogen-bond acceptors (Lipinski definition) is 1. The first-order valence-electron chi connectivity index (χ1n) is 14.4. The maximum absolute atomic E-state index is 6.60. The van der Waals surface area contributed by atoms with E-state index >= 15 is 0 Å². The van der Waals surface area contributed by atoms with E-state index in [-0.39, 0.29) is 5.60 Å². The van der Waals surface area contributed by atoms with Crippen LogP contribution < -0.4 is 0 Å². The van der Waals surface area contributed by atoms with Crippen molar-refractivity contribution < 1.29 is 4.74 Å². The van der Waals surface area contributed by atoms with Gasteiger partial charge in [0.2, 0.25) is 0 Å². The van der Waals surface area contributed by atoms with Crippen molar-refractivity contribution in [2.24, 2.45) is 23.7 Å². The average Bonchev–Trinajstić information content (AvgIpc) is 2.81. The van der Waals surface area contributed by atoms with Crippen molar-refractivity contribution in [3.63, 3.8) is 0 Å². The fourth-order valence-electron chi connectivity index (χ4n) is 7.24. The molecule has 0 amide bonds. The monoisotopic (exact) mass is 418 g/mol. The highest BCUT2D eigenvalue weighted by atomic mass is 16.5. The Hall–Kier alpha value is -0.0400. The molecule has 0 atom stereocenters. The zero-order chi connectivity index (χ0) is 21.1. The Kier molecular flexibility index (Phi) is 11.1. The molecule has 0 spiro atoms. The van der Waals surface area contributed by atoms with Gasteiger partial charge in [-0.3, -0.25) is 0 Å². The molecule has 3 aliphatic rings. The van der Waals surface area contributed by atoms with Gasteiger partial charge >= 0.3 is 0 Å². The third-order valence-electron chi connectivity index (χ3n) is 9.30. The van der Waals surface area contributed by atoms with E-state index in [1.54, 1.807) is 25.7 Å². The second-order valence-electron chi connectivity index (χ2n) is 11.5. The largest absolute Gasteiger partial charge is 0.375 e.